The topological polar surface area (TPSA) is 75.3 Å². The summed E-state index contributed by atoms with van der Waals surface area (Å²) >= 11 is 0. The Morgan fingerprint density at radius 1 is 1.31 bits per heavy atom. The van der Waals surface area contributed by atoms with Crippen molar-refractivity contribution in [3.63, 3.8) is 0 Å². The maximum absolute atomic E-state index is 9.08. The van der Waals surface area contributed by atoms with Crippen molar-refractivity contribution >= 4 is 11.6 Å². The molecule has 0 saturated heterocycles. The molecule has 0 saturated carbocycles. The van der Waals surface area contributed by atoms with E-state index in [9.17, 15) is 0 Å². The van der Waals surface area contributed by atoms with E-state index >= 15 is 0 Å². The minimum Gasteiger partial charge on any atom is -0.395 e. The van der Waals surface area contributed by atoms with E-state index in [0.717, 1.165) is 18.7 Å². The van der Waals surface area contributed by atoms with Crippen LogP contribution in [0.15, 0.2) is 12.1 Å². The Bertz CT molecular complexity index is 297. The van der Waals surface area contributed by atoms with Crippen molar-refractivity contribution < 1.29 is 5.11 Å². The third-order valence-corrected chi connectivity index (χ3v) is 2.69. The van der Waals surface area contributed by atoms with Gasteiger partial charge in [-0.3, -0.25) is 0 Å². The molecule has 1 aromatic heterocycles. The van der Waals surface area contributed by atoms with Gasteiger partial charge in [0.2, 0.25) is 0 Å². The second kappa shape index (κ2) is 6.27. The van der Waals surface area contributed by atoms with Gasteiger partial charge in [-0.05, 0) is 25.0 Å². The summed E-state index contributed by atoms with van der Waals surface area (Å²) in [7, 11) is 0. The number of anilines is 2. The molecule has 1 rings (SSSR count). The normalized spacial score (nSPS) is 10.8. The van der Waals surface area contributed by atoms with E-state index in [2.05, 4.69) is 28.9 Å². The van der Waals surface area contributed by atoms with E-state index in [4.69, 9.17) is 10.8 Å². The van der Waals surface area contributed by atoms with Gasteiger partial charge < -0.3 is 15.7 Å². The van der Waals surface area contributed by atoms with Crippen molar-refractivity contribution in [1.82, 2.24) is 10.2 Å². The predicted molar refractivity (Wildman–Crippen MR) is 65.2 cm³/mol. The smallest absolute Gasteiger partial charge is 0.151 e. The zero-order valence-corrected chi connectivity index (χ0v) is 9.93. The molecule has 3 N–H and O–H groups in total. The van der Waals surface area contributed by atoms with Crippen LogP contribution in [0.4, 0.5) is 11.6 Å². The number of aliphatic hydroxyl groups is 1. The van der Waals surface area contributed by atoms with Gasteiger partial charge in [0, 0.05) is 12.6 Å². The molecular weight excluding hydrogens is 204 g/mol. The lowest BCUT2D eigenvalue weighted by molar-refractivity contribution is 0.295. The highest BCUT2D eigenvalue weighted by molar-refractivity contribution is 5.42. The van der Waals surface area contributed by atoms with Crippen molar-refractivity contribution in [2.75, 3.05) is 23.8 Å². The van der Waals surface area contributed by atoms with Gasteiger partial charge in [-0.15, -0.1) is 10.2 Å². The Labute approximate surface area is 96.3 Å². The Balaban J connectivity index is 2.87. The van der Waals surface area contributed by atoms with Crippen molar-refractivity contribution in [2.45, 2.75) is 32.7 Å². The molecule has 0 bridgehead atoms. The molecule has 0 unspecified atom stereocenters. The van der Waals surface area contributed by atoms with Gasteiger partial charge in [-0.1, -0.05) is 13.8 Å². The van der Waals surface area contributed by atoms with E-state index in [1.807, 2.05) is 6.07 Å². The van der Waals surface area contributed by atoms with Gasteiger partial charge in [0.15, 0.2) is 5.82 Å². The van der Waals surface area contributed by atoms with Crippen LogP contribution in [0.5, 0.6) is 0 Å². The summed E-state index contributed by atoms with van der Waals surface area (Å²) in [5.41, 5.74) is 5.50. The molecule has 0 atom stereocenters. The number of nitrogen functional groups attached to an aromatic ring is 1. The van der Waals surface area contributed by atoms with Gasteiger partial charge in [-0.25, -0.2) is 0 Å². The first kappa shape index (κ1) is 12.7. The molecule has 1 heterocycles. The molecule has 0 amide bonds. The lowest BCUT2D eigenvalue weighted by atomic mass is 10.1. The number of hydrogen-bond donors (Lipinski definition) is 2. The van der Waals surface area contributed by atoms with Crippen molar-refractivity contribution in [3.8, 4) is 0 Å². The average Bonchev–Trinajstić information content (AvgIpc) is 2.31. The summed E-state index contributed by atoms with van der Waals surface area (Å²) < 4.78 is 0. The molecule has 0 aliphatic rings. The first-order chi connectivity index (χ1) is 7.72. The lowest BCUT2D eigenvalue weighted by Gasteiger charge is -2.30. The molecule has 0 radical (unpaired) electrons. The van der Waals surface area contributed by atoms with Crippen LogP contribution in [0.3, 0.4) is 0 Å². The largest absolute Gasteiger partial charge is 0.395 e. The summed E-state index contributed by atoms with van der Waals surface area (Å²) in [4.78, 5) is 2.08. The molecule has 5 nitrogen and oxygen atoms in total. The Morgan fingerprint density at radius 3 is 2.44 bits per heavy atom. The molecule has 0 aromatic carbocycles. The van der Waals surface area contributed by atoms with Gasteiger partial charge >= 0.3 is 0 Å². The number of nitrogens with zero attached hydrogens (tertiary/aromatic N) is 3. The van der Waals surface area contributed by atoms with E-state index in [1.54, 1.807) is 6.07 Å². The van der Waals surface area contributed by atoms with Crippen LogP contribution in [0.1, 0.15) is 26.7 Å². The summed E-state index contributed by atoms with van der Waals surface area (Å²) in [6.45, 7) is 4.94. The van der Waals surface area contributed by atoms with E-state index in [1.165, 1.54) is 0 Å². The minimum atomic E-state index is 0.114. The summed E-state index contributed by atoms with van der Waals surface area (Å²) in [5.74, 6) is 1.19. The van der Waals surface area contributed by atoms with E-state index in [0.29, 0.717) is 18.4 Å². The summed E-state index contributed by atoms with van der Waals surface area (Å²) in [5, 5.41) is 17.0. The molecule has 5 heteroatoms. The van der Waals surface area contributed by atoms with Crippen LogP contribution >= 0.6 is 0 Å². The number of rotatable bonds is 6. The number of hydrogen-bond acceptors (Lipinski definition) is 5. The molecule has 0 spiro atoms. The highest BCUT2D eigenvalue weighted by Crippen LogP contribution is 2.17. The molecule has 0 aliphatic carbocycles. The molecule has 16 heavy (non-hydrogen) atoms. The molecule has 0 aliphatic heterocycles. The maximum Gasteiger partial charge on any atom is 0.151 e. The Hall–Kier alpha value is -1.36. The minimum absolute atomic E-state index is 0.114. The average molecular weight is 224 g/mol. The fraction of sp³-hybridized carbons (Fsp3) is 0.636. The number of aliphatic hydroxyl groups excluding tert-OH is 1. The Morgan fingerprint density at radius 2 is 2.00 bits per heavy atom. The second-order valence-corrected chi connectivity index (χ2v) is 3.70. The maximum atomic E-state index is 9.08. The van der Waals surface area contributed by atoms with Gasteiger partial charge in [0.1, 0.15) is 5.82 Å². The van der Waals surface area contributed by atoms with Gasteiger partial charge in [0.25, 0.3) is 0 Å². The van der Waals surface area contributed by atoms with Crippen LogP contribution in [0.2, 0.25) is 0 Å². The predicted octanol–water partition coefficient (Wildman–Crippen LogP) is 1.05. The fourth-order valence-corrected chi connectivity index (χ4v) is 1.81. The number of aromatic nitrogens is 2. The highest BCUT2D eigenvalue weighted by Gasteiger charge is 2.16. The van der Waals surface area contributed by atoms with Crippen molar-refractivity contribution in [1.29, 1.82) is 0 Å². The van der Waals surface area contributed by atoms with Crippen LogP contribution < -0.4 is 10.6 Å². The molecular formula is C11H20N4O. The second-order valence-electron chi connectivity index (χ2n) is 3.70. The SMILES string of the molecule is CCC(CC)N(CCO)c1ccc(N)nn1. The standard InChI is InChI=1S/C11H20N4O/c1-3-9(4-2)15(7-8-16)11-6-5-10(12)13-14-11/h5-6,9,16H,3-4,7-8H2,1-2H3,(H2,12,13). The van der Waals surface area contributed by atoms with Crippen LogP contribution in [0, 0.1) is 0 Å². The zero-order chi connectivity index (χ0) is 12.0. The third kappa shape index (κ3) is 3.06. The molecule has 0 fully saturated rings. The lowest BCUT2D eigenvalue weighted by Crippen LogP contribution is -2.37. The number of nitrogens with two attached hydrogens (primary N) is 1. The van der Waals surface area contributed by atoms with Crippen LogP contribution in [0.25, 0.3) is 0 Å². The van der Waals surface area contributed by atoms with Gasteiger partial charge in [0.05, 0.1) is 6.61 Å². The fourth-order valence-electron chi connectivity index (χ4n) is 1.81. The van der Waals surface area contributed by atoms with E-state index < -0.39 is 0 Å². The zero-order valence-electron chi connectivity index (χ0n) is 9.93. The monoisotopic (exact) mass is 224 g/mol. The van der Waals surface area contributed by atoms with Crippen LogP contribution in [-0.4, -0.2) is 34.5 Å². The first-order valence-corrected chi connectivity index (χ1v) is 5.69. The quantitative estimate of drug-likeness (QED) is 0.755. The Kier molecular flexibility index (Phi) is 4.98. The molecule has 90 valence electrons. The first-order valence-electron chi connectivity index (χ1n) is 5.69. The van der Waals surface area contributed by atoms with Crippen LogP contribution in [-0.2, 0) is 0 Å². The highest BCUT2D eigenvalue weighted by atomic mass is 16.3. The summed E-state index contributed by atoms with van der Waals surface area (Å²) in [6, 6.07) is 3.95. The third-order valence-electron chi connectivity index (χ3n) is 2.69. The summed E-state index contributed by atoms with van der Waals surface area (Å²) in [6.07, 6.45) is 2.03. The molecule has 1 aromatic rings. The van der Waals surface area contributed by atoms with Crippen molar-refractivity contribution in [3.05, 3.63) is 12.1 Å². The van der Waals surface area contributed by atoms with Crippen molar-refractivity contribution in [2.24, 2.45) is 0 Å². The van der Waals surface area contributed by atoms with Gasteiger partial charge in [-0.2, -0.15) is 0 Å². The van der Waals surface area contributed by atoms with E-state index in [-0.39, 0.29) is 6.61 Å².